The summed E-state index contributed by atoms with van der Waals surface area (Å²) in [6.45, 7) is 1.42. The zero-order valence-corrected chi connectivity index (χ0v) is 12.4. The van der Waals surface area contributed by atoms with Crippen LogP contribution in [0.2, 0.25) is 5.02 Å². The Hall–Kier alpha value is -2.27. The van der Waals surface area contributed by atoms with Gasteiger partial charge in [0.05, 0.1) is 0 Å². The lowest BCUT2D eigenvalue weighted by Crippen LogP contribution is -2.39. The SMILES string of the molecule is CC(NC(=O)c1ccc(-c2ccc(Cl)cc2)n1C)C(=O)O. The molecule has 0 bridgehead atoms. The van der Waals surface area contributed by atoms with Crippen molar-refractivity contribution in [1.29, 1.82) is 0 Å². The number of carbonyl (C=O) groups is 2. The number of halogens is 1. The van der Waals surface area contributed by atoms with Crippen molar-refractivity contribution in [2.24, 2.45) is 7.05 Å². The minimum absolute atomic E-state index is 0.396. The fourth-order valence-corrected chi connectivity index (χ4v) is 2.11. The Kier molecular flexibility index (Phi) is 4.33. The standard InChI is InChI=1S/C15H15ClN2O3/c1-9(15(20)21)17-14(19)13-8-7-12(18(13)2)10-3-5-11(16)6-4-10/h3-9H,1-2H3,(H,17,19)(H,20,21). The molecule has 110 valence electrons. The molecule has 1 unspecified atom stereocenters. The van der Waals surface area contributed by atoms with Gasteiger partial charge >= 0.3 is 5.97 Å². The molecule has 0 radical (unpaired) electrons. The number of carboxylic acids is 1. The topological polar surface area (TPSA) is 71.3 Å². The second kappa shape index (κ2) is 6.01. The maximum absolute atomic E-state index is 12.1. The number of nitrogens with zero attached hydrogens (tertiary/aromatic N) is 1. The van der Waals surface area contributed by atoms with Gasteiger partial charge in [0.25, 0.3) is 5.91 Å². The van der Waals surface area contributed by atoms with Crippen LogP contribution in [0.15, 0.2) is 36.4 Å². The quantitative estimate of drug-likeness (QED) is 0.912. The first-order chi connectivity index (χ1) is 9.90. The number of hydrogen-bond acceptors (Lipinski definition) is 2. The highest BCUT2D eigenvalue weighted by atomic mass is 35.5. The van der Waals surface area contributed by atoms with E-state index >= 15 is 0 Å². The largest absolute Gasteiger partial charge is 0.480 e. The van der Waals surface area contributed by atoms with Gasteiger partial charge in [-0.05, 0) is 36.8 Å². The summed E-state index contributed by atoms with van der Waals surface area (Å²) in [7, 11) is 1.75. The van der Waals surface area contributed by atoms with Crippen molar-refractivity contribution < 1.29 is 14.7 Å². The molecule has 1 heterocycles. The van der Waals surface area contributed by atoms with Crippen molar-refractivity contribution in [1.82, 2.24) is 9.88 Å². The summed E-state index contributed by atoms with van der Waals surface area (Å²) >= 11 is 5.85. The molecular weight excluding hydrogens is 292 g/mol. The lowest BCUT2D eigenvalue weighted by Gasteiger charge is -2.11. The summed E-state index contributed by atoms with van der Waals surface area (Å²) in [4.78, 5) is 22.8. The zero-order valence-electron chi connectivity index (χ0n) is 11.6. The first kappa shape index (κ1) is 15.1. The van der Waals surface area contributed by atoms with E-state index in [9.17, 15) is 9.59 Å². The van der Waals surface area contributed by atoms with E-state index in [0.717, 1.165) is 11.3 Å². The summed E-state index contributed by atoms with van der Waals surface area (Å²) in [5.41, 5.74) is 2.17. The van der Waals surface area contributed by atoms with Crippen molar-refractivity contribution in [3.8, 4) is 11.3 Å². The minimum Gasteiger partial charge on any atom is -0.480 e. The minimum atomic E-state index is -1.07. The second-order valence-electron chi connectivity index (χ2n) is 4.70. The van der Waals surface area contributed by atoms with E-state index in [2.05, 4.69) is 5.32 Å². The van der Waals surface area contributed by atoms with Crippen molar-refractivity contribution in [3.63, 3.8) is 0 Å². The van der Waals surface area contributed by atoms with E-state index in [1.165, 1.54) is 6.92 Å². The number of aliphatic carboxylic acids is 1. The molecule has 1 atom stereocenters. The average molecular weight is 307 g/mol. The third kappa shape index (κ3) is 3.25. The van der Waals surface area contributed by atoms with Crippen LogP contribution in [0, 0.1) is 0 Å². The molecule has 5 nitrogen and oxygen atoms in total. The Labute approximate surface area is 127 Å². The van der Waals surface area contributed by atoms with Crippen molar-refractivity contribution in [3.05, 3.63) is 47.1 Å². The maximum Gasteiger partial charge on any atom is 0.325 e. The van der Waals surface area contributed by atoms with Crippen LogP contribution in [0.1, 0.15) is 17.4 Å². The molecule has 1 aromatic carbocycles. The molecule has 0 saturated carbocycles. The highest BCUT2D eigenvalue weighted by molar-refractivity contribution is 6.30. The Balaban J connectivity index is 2.26. The summed E-state index contributed by atoms with van der Waals surface area (Å²) in [6, 6.07) is 9.80. The van der Waals surface area contributed by atoms with E-state index in [4.69, 9.17) is 16.7 Å². The van der Waals surface area contributed by atoms with E-state index in [1.54, 1.807) is 29.8 Å². The molecule has 6 heteroatoms. The van der Waals surface area contributed by atoms with Gasteiger partial charge in [0, 0.05) is 17.8 Å². The fourth-order valence-electron chi connectivity index (χ4n) is 1.98. The maximum atomic E-state index is 12.1. The summed E-state index contributed by atoms with van der Waals surface area (Å²) in [6.07, 6.45) is 0. The van der Waals surface area contributed by atoms with Crippen LogP contribution in [0.3, 0.4) is 0 Å². The molecule has 0 fully saturated rings. The van der Waals surface area contributed by atoms with Crippen LogP contribution in [0.4, 0.5) is 0 Å². The van der Waals surface area contributed by atoms with Gasteiger partial charge in [-0.2, -0.15) is 0 Å². The number of hydrogen-bond donors (Lipinski definition) is 2. The monoisotopic (exact) mass is 306 g/mol. The van der Waals surface area contributed by atoms with Crippen LogP contribution >= 0.6 is 11.6 Å². The molecule has 0 spiro atoms. The van der Waals surface area contributed by atoms with Crippen LogP contribution in [-0.4, -0.2) is 27.6 Å². The van der Waals surface area contributed by atoms with E-state index in [1.807, 2.05) is 18.2 Å². The number of carbonyl (C=O) groups excluding carboxylic acids is 1. The van der Waals surface area contributed by atoms with Crippen molar-refractivity contribution >= 4 is 23.5 Å². The van der Waals surface area contributed by atoms with Gasteiger partial charge < -0.3 is 15.0 Å². The van der Waals surface area contributed by atoms with E-state index in [0.29, 0.717) is 10.7 Å². The molecule has 0 saturated heterocycles. The van der Waals surface area contributed by atoms with Gasteiger partial charge in [0.2, 0.25) is 0 Å². The Morgan fingerprint density at radius 3 is 2.38 bits per heavy atom. The predicted octanol–water partition coefficient (Wildman–Crippen LogP) is 2.55. The molecule has 0 aliphatic rings. The number of benzene rings is 1. The Morgan fingerprint density at radius 1 is 1.19 bits per heavy atom. The van der Waals surface area contributed by atoms with Crippen LogP contribution in [0.25, 0.3) is 11.3 Å². The smallest absolute Gasteiger partial charge is 0.325 e. The average Bonchev–Trinajstić information content (AvgIpc) is 2.81. The third-order valence-corrected chi connectivity index (χ3v) is 3.46. The number of aromatic nitrogens is 1. The second-order valence-corrected chi connectivity index (χ2v) is 5.14. The predicted molar refractivity (Wildman–Crippen MR) is 80.4 cm³/mol. The molecule has 0 aliphatic heterocycles. The number of carboxylic acid groups (broad SMARTS) is 1. The number of amides is 1. The van der Waals surface area contributed by atoms with Gasteiger partial charge in [-0.1, -0.05) is 23.7 Å². The van der Waals surface area contributed by atoms with Crippen molar-refractivity contribution in [2.45, 2.75) is 13.0 Å². The lowest BCUT2D eigenvalue weighted by atomic mass is 10.1. The summed E-state index contributed by atoms with van der Waals surface area (Å²) in [5.74, 6) is -1.50. The van der Waals surface area contributed by atoms with Gasteiger partial charge in [-0.3, -0.25) is 9.59 Å². The molecule has 1 amide bonds. The Bertz CT molecular complexity index is 677. The molecule has 21 heavy (non-hydrogen) atoms. The summed E-state index contributed by atoms with van der Waals surface area (Å²) < 4.78 is 1.72. The van der Waals surface area contributed by atoms with Gasteiger partial charge in [-0.25, -0.2) is 0 Å². The summed E-state index contributed by atoms with van der Waals surface area (Å²) in [5, 5.41) is 11.9. The van der Waals surface area contributed by atoms with Crippen LogP contribution in [0.5, 0.6) is 0 Å². The van der Waals surface area contributed by atoms with Gasteiger partial charge in [0.1, 0.15) is 11.7 Å². The normalized spacial score (nSPS) is 12.0. The van der Waals surface area contributed by atoms with Crippen molar-refractivity contribution in [2.75, 3.05) is 0 Å². The fraction of sp³-hybridized carbons (Fsp3) is 0.200. The molecule has 0 aliphatic carbocycles. The van der Waals surface area contributed by atoms with Crippen LogP contribution < -0.4 is 5.32 Å². The molecule has 2 aromatic rings. The van der Waals surface area contributed by atoms with Crippen LogP contribution in [-0.2, 0) is 11.8 Å². The number of nitrogens with one attached hydrogen (secondary N) is 1. The lowest BCUT2D eigenvalue weighted by molar-refractivity contribution is -0.138. The van der Waals surface area contributed by atoms with Gasteiger partial charge in [-0.15, -0.1) is 0 Å². The third-order valence-electron chi connectivity index (χ3n) is 3.21. The highest BCUT2D eigenvalue weighted by Gasteiger charge is 2.18. The Morgan fingerprint density at radius 2 is 1.81 bits per heavy atom. The first-order valence-corrected chi connectivity index (χ1v) is 6.73. The molecule has 2 N–H and O–H groups in total. The first-order valence-electron chi connectivity index (χ1n) is 6.35. The van der Waals surface area contributed by atoms with E-state index < -0.39 is 17.9 Å². The molecular formula is C15H15ClN2O3. The van der Waals surface area contributed by atoms with E-state index in [-0.39, 0.29) is 0 Å². The number of rotatable bonds is 4. The highest BCUT2D eigenvalue weighted by Crippen LogP contribution is 2.23. The molecule has 2 rings (SSSR count). The zero-order chi connectivity index (χ0) is 15.6. The van der Waals surface area contributed by atoms with Gasteiger partial charge in [0.15, 0.2) is 0 Å². The molecule has 1 aromatic heterocycles.